The zero-order chi connectivity index (χ0) is 22.8. The lowest BCUT2D eigenvalue weighted by Gasteiger charge is -2.31. The minimum atomic E-state index is -4.14. The third-order valence-electron chi connectivity index (χ3n) is 4.77. The number of hydrogen-bond donors (Lipinski definition) is 0. The van der Waals surface area contributed by atoms with E-state index in [0.717, 1.165) is 12.1 Å². The number of methoxy groups -OCH3 is 2. The molecule has 1 unspecified atom stereocenters. The van der Waals surface area contributed by atoms with Crippen molar-refractivity contribution in [2.45, 2.75) is 17.9 Å². The van der Waals surface area contributed by atoms with Gasteiger partial charge in [-0.25, -0.2) is 12.8 Å². The van der Waals surface area contributed by atoms with Gasteiger partial charge in [-0.3, -0.25) is 4.31 Å². The van der Waals surface area contributed by atoms with E-state index in [1.807, 2.05) is 0 Å². The number of halogens is 3. The third-order valence-corrected chi connectivity index (χ3v) is 7.21. The molecule has 0 aliphatic rings. The zero-order valence-corrected chi connectivity index (χ0v) is 19.3. The molecule has 5 nitrogen and oxygen atoms in total. The van der Waals surface area contributed by atoms with Crippen LogP contribution in [-0.2, 0) is 10.0 Å². The van der Waals surface area contributed by atoms with Crippen molar-refractivity contribution in [3.8, 4) is 11.5 Å². The van der Waals surface area contributed by atoms with Crippen LogP contribution >= 0.6 is 23.2 Å². The molecule has 3 rings (SSSR count). The highest BCUT2D eigenvalue weighted by molar-refractivity contribution is 7.92. The predicted octanol–water partition coefficient (Wildman–Crippen LogP) is 6.11. The Morgan fingerprint density at radius 2 is 1.55 bits per heavy atom. The maximum Gasteiger partial charge on any atom is 0.264 e. The molecule has 0 spiro atoms. The summed E-state index contributed by atoms with van der Waals surface area (Å²) in [7, 11) is -1.19. The fourth-order valence-corrected chi connectivity index (χ4v) is 5.19. The summed E-state index contributed by atoms with van der Waals surface area (Å²) in [6.07, 6.45) is 0. The van der Waals surface area contributed by atoms with Crippen LogP contribution in [-0.4, -0.2) is 22.6 Å². The van der Waals surface area contributed by atoms with Crippen molar-refractivity contribution in [3.63, 3.8) is 0 Å². The lowest BCUT2D eigenvalue weighted by Crippen LogP contribution is -2.33. The first-order chi connectivity index (χ1) is 14.7. The molecule has 0 saturated carbocycles. The molecule has 0 N–H and O–H groups in total. The van der Waals surface area contributed by atoms with E-state index in [0.29, 0.717) is 27.8 Å². The molecular weight excluding hydrogens is 464 g/mol. The van der Waals surface area contributed by atoms with Crippen molar-refractivity contribution in [2.75, 3.05) is 18.5 Å². The van der Waals surface area contributed by atoms with Crippen molar-refractivity contribution in [1.29, 1.82) is 0 Å². The molecule has 0 saturated heterocycles. The number of hydrogen-bond acceptors (Lipinski definition) is 4. The molecule has 0 fully saturated rings. The average molecular weight is 484 g/mol. The molecule has 0 aromatic heterocycles. The number of sulfonamides is 1. The van der Waals surface area contributed by atoms with E-state index >= 15 is 0 Å². The molecule has 0 bridgehead atoms. The maximum atomic E-state index is 13.7. The highest BCUT2D eigenvalue weighted by Crippen LogP contribution is 2.39. The summed E-state index contributed by atoms with van der Waals surface area (Å²) in [6.45, 7) is 1.74. The second-order valence-electron chi connectivity index (χ2n) is 6.64. The Labute approximate surface area is 191 Å². The zero-order valence-electron chi connectivity index (χ0n) is 17.0. The van der Waals surface area contributed by atoms with Crippen LogP contribution in [0.3, 0.4) is 0 Å². The SMILES string of the molecule is COc1ccc(N(C(C)c2ccc(Cl)cc2)S(=O)(=O)c2ccc(F)c(Cl)c2)cc1OC. The van der Waals surface area contributed by atoms with Crippen LogP contribution in [0.25, 0.3) is 0 Å². The smallest absolute Gasteiger partial charge is 0.264 e. The summed E-state index contributed by atoms with van der Waals surface area (Å²) in [6, 6.07) is 14.3. The standard InChI is InChI=1S/C22H20Cl2FNO4S/c1-14(15-4-6-16(23)7-5-15)26(17-8-11-21(29-2)22(12-17)30-3)31(27,28)18-9-10-20(25)19(24)13-18/h4-14H,1-3H3. The third kappa shape index (κ3) is 4.74. The van der Waals surface area contributed by atoms with E-state index in [1.54, 1.807) is 49.4 Å². The Kier molecular flexibility index (Phi) is 6.99. The van der Waals surface area contributed by atoms with E-state index in [9.17, 15) is 12.8 Å². The molecular formula is C22H20Cl2FNO4S. The quantitative estimate of drug-likeness (QED) is 0.406. The van der Waals surface area contributed by atoms with Gasteiger partial charge in [0.25, 0.3) is 10.0 Å². The van der Waals surface area contributed by atoms with Gasteiger partial charge in [0.1, 0.15) is 5.82 Å². The Balaban J connectivity index is 2.20. The monoisotopic (exact) mass is 483 g/mol. The van der Waals surface area contributed by atoms with Crippen LogP contribution in [0.1, 0.15) is 18.5 Å². The van der Waals surface area contributed by atoms with Gasteiger partial charge in [-0.05, 0) is 55.0 Å². The van der Waals surface area contributed by atoms with Gasteiger partial charge in [-0.15, -0.1) is 0 Å². The molecule has 0 radical (unpaired) electrons. The van der Waals surface area contributed by atoms with E-state index in [4.69, 9.17) is 32.7 Å². The van der Waals surface area contributed by atoms with Crippen molar-refractivity contribution >= 4 is 38.9 Å². The first-order valence-corrected chi connectivity index (χ1v) is 11.4. The Hall–Kier alpha value is -2.48. The lowest BCUT2D eigenvalue weighted by atomic mass is 10.1. The summed E-state index contributed by atoms with van der Waals surface area (Å²) in [4.78, 5) is -0.144. The molecule has 0 aliphatic carbocycles. The largest absolute Gasteiger partial charge is 0.493 e. The van der Waals surface area contributed by atoms with Crippen LogP contribution in [0.15, 0.2) is 65.6 Å². The summed E-state index contributed by atoms with van der Waals surface area (Å²) in [5.41, 5.74) is 1.04. The first-order valence-electron chi connectivity index (χ1n) is 9.16. The minimum Gasteiger partial charge on any atom is -0.493 e. The normalized spacial score (nSPS) is 12.3. The second kappa shape index (κ2) is 9.34. The molecule has 3 aromatic rings. The van der Waals surface area contributed by atoms with Gasteiger partial charge in [-0.2, -0.15) is 0 Å². The highest BCUT2D eigenvalue weighted by atomic mass is 35.5. The van der Waals surface area contributed by atoms with Crippen molar-refractivity contribution in [2.24, 2.45) is 0 Å². The van der Waals surface area contributed by atoms with Crippen molar-refractivity contribution in [3.05, 3.63) is 82.1 Å². The summed E-state index contributed by atoms with van der Waals surface area (Å²) in [5.74, 6) is 0.109. The molecule has 9 heteroatoms. The molecule has 0 aliphatic heterocycles. The predicted molar refractivity (Wildman–Crippen MR) is 120 cm³/mol. The summed E-state index contributed by atoms with van der Waals surface area (Å²) in [5, 5.41) is 0.245. The van der Waals surface area contributed by atoms with E-state index < -0.39 is 21.9 Å². The summed E-state index contributed by atoms with van der Waals surface area (Å²) < 4.78 is 52.9. The van der Waals surface area contributed by atoms with Crippen LogP contribution in [0.5, 0.6) is 11.5 Å². The lowest BCUT2D eigenvalue weighted by molar-refractivity contribution is 0.355. The molecule has 3 aromatic carbocycles. The van der Waals surface area contributed by atoms with Gasteiger partial charge in [0.05, 0.1) is 35.9 Å². The fraction of sp³-hybridized carbons (Fsp3) is 0.182. The second-order valence-corrected chi connectivity index (χ2v) is 9.30. The van der Waals surface area contributed by atoms with Gasteiger partial charge in [-0.1, -0.05) is 35.3 Å². The van der Waals surface area contributed by atoms with Gasteiger partial charge in [0.2, 0.25) is 0 Å². The molecule has 31 heavy (non-hydrogen) atoms. The maximum absolute atomic E-state index is 13.7. The molecule has 0 amide bonds. The fourth-order valence-electron chi connectivity index (χ4n) is 3.16. The van der Waals surface area contributed by atoms with Gasteiger partial charge >= 0.3 is 0 Å². The van der Waals surface area contributed by atoms with Crippen molar-refractivity contribution in [1.82, 2.24) is 0 Å². The number of ether oxygens (including phenoxy) is 2. The number of anilines is 1. The Bertz CT molecular complexity index is 1190. The van der Waals surface area contributed by atoms with Crippen molar-refractivity contribution < 1.29 is 22.3 Å². The topological polar surface area (TPSA) is 55.8 Å². The molecule has 0 heterocycles. The Morgan fingerprint density at radius 1 is 0.903 bits per heavy atom. The van der Waals surface area contributed by atoms with Gasteiger partial charge in [0, 0.05) is 11.1 Å². The first kappa shape index (κ1) is 23.2. The molecule has 164 valence electrons. The number of rotatable bonds is 7. The Morgan fingerprint density at radius 3 is 2.13 bits per heavy atom. The van der Waals surface area contributed by atoms with Crippen LogP contribution < -0.4 is 13.8 Å². The van der Waals surface area contributed by atoms with Crippen LogP contribution in [0.2, 0.25) is 10.0 Å². The van der Waals surface area contributed by atoms with E-state index in [2.05, 4.69) is 0 Å². The highest BCUT2D eigenvalue weighted by Gasteiger charge is 2.31. The van der Waals surface area contributed by atoms with E-state index in [1.165, 1.54) is 24.6 Å². The van der Waals surface area contributed by atoms with Gasteiger partial charge in [0.15, 0.2) is 11.5 Å². The summed E-state index contributed by atoms with van der Waals surface area (Å²) >= 11 is 11.9. The van der Waals surface area contributed by atoms with Gasteiger partial charge < -0.3 is 9.47 Å². The minimum absolute atomic E-state index is 0.144. The van der Waals surface area contributed by atoms with E-state index in [-0.39, 0.29) is 9.92 Å². The molecule has 1 atom stereocenters. The number of nitrogens with zero attached hydrogens (tertiary/aromatic N) is 1. The average Bonchev–Trinajstić information content (AvgIpc) is 2.75. The van der Waals surface area contributed by atoms with Crippen LogP contribution in [0.4, 0.5) is 10.1 Å². The van der Waals surface area contributed by atoms with Crippen LogP contribution in [0, 0.1) is 5.82 Å². The number of benzene rings is 3.